The van der Waals surface area contributed by atoms with Crippen molar-refractivity contribution in [1.82, 2.24) is 19.9 Å². The molecular weight excluding hydrogens is 1230 g/mol. The Morgan fingerprint density at radius 2 is 0.990 bits per heavy atom. The van der Waals surface area contributed by atoms with Gasteiger partial charge in [0.2, 0.25) is 0 Å². The minimum atomic E-state index is -0.597. The summed E-state index contributed by atoms with van der Waals surface area (Å²) in [4.78, 5) is 77.1. The van der Waals surface area contributed by atoms with Gasteiger partial charge in [-0.15, -0.1) is 0 Å². The normalized spacial score (nSPS) is 12.0. The fourth-order valence-corrected chi connectivity index (χ4v) is 10.9. The predicted octanol–water partition coefficient (Wildman–Crippen LogP) is 19.5. The third-order valence-corrected chi connectivity index (χ3v) is 16.1. The molecule has 3 aromatic heterocycles. The summed E-state index contributed by atoms with van der Waals surface area (Å²) in [5, 5.41) is 3.03. The van der Waals surface area contributed by atoms with E-state index < -0.39 is 17.9 Å². The molecule has 8 aromatic carbocycles. The van der Waals surface area contributed by atoms with Gasteiger partial charge >= 0.3 is 17.9 Å². The van der Waals surface area contributed by atoms with Crippen LogP contribution in [0.5, 0.6) is 17.2 Å². The fraction of sp³-hybridized carbons (Fsp3) is 0.0581. The number of ether oxygens (including phenoxy) is 3. The molecule has 1 amide bonds. The first-order valence-corrected chi connectivity index (χ1v) is 31.9. The molecule has 0 aliphatic rings. The highest BCUT2D eigenvalue weighted by molar-refractivity contribution is 6.06. The monoisotopic (exact) mass is 1300 g/mol. The summed E-state index contributed by atoms with van der Waals surface area (Å²) in [5.41, 5.74) is 15.3. The molecule has 1 N–H and O–H groups in total. The van der Waals surface area contributed by atoms with Crippen LogP contribution in [-0.4, -0.2) is 57.0 Å². The molecule has 0 fully saturated rings. The van der Waals surface area contributed by atoms with Gasteiger partial charge in [-0.05, 0) is 175 Å². The highest BCUT2D eigenvalue weighted by Gasteiger charge is 2.20. The second-order valence-electron chi connectivity index (χ2n) is 22.8. The minimum Gasteiger partial charge on any atom is -0.423 e. The van der Waals surface area contributed by atoms with Crippen LogP contribution >= 0.6 is 0 Å². The van der Waals surface area contributed by atoms with Crippen LogP contribution in [0.15, 0.2) is 310 Å². The zero-order chi connectivity index (χ0) is 69.0. The van der Waals surface area contributed by atoms with Crippen molar-refractivity contribution in [3.63, 3.8) is 0 Å². The first kappa shape index (κ1) is 67.3. The highest BCUT2D eigenvalue weighted by atomic mass is 16.5. The zero-order valence-corrected chi connectivity index (χ0v) is 55.0. The van der Waals surface area contributed by atoms with Crippen molar-refractivity contribution in [1.29, 1.82) is 0 Å². The zero-order valence-electron chi connectivity index (χ0n) is 55.0. The average molecular weight is 1300 g/mol. The number of anilines is 1. The van der Waals surface area contributed by atoms with Gasteiger partial charge in [0.25, 0.3) is 5.91 Å². The van der Waals surface area contributed by atoms with E-state index in [2.05, 4.69) is 67.7 Å². The summed E-state index contributed by atoms with van der Waals surface area (Å²) >= 11 is 0. The molecule has 99 heavy (non-hydrogen) atoms. The second kappa shape index (κ2) is 32.3. The molecule has 3 heterocycles. The average Bonchev–Trinajstić information content (AvgIpc) is 0.825. The number of hydrogen-bond donors (Lipinski definition) is 1. The number of aliphatic imine (C=N–C) groups is 1. The predicted molar refractivity (Wildman–Crippen MR) is 397 cm³/mol. The standard InChI is InChI=1S/C86H68N6O7/c1-7-17-71(48-60(8-2)72-49-74(92-83(93)67-27-23-59(24-28-67)18-11-10-14-45-87-6)53-75(50-72)97-85(95)69-41-37-63(38-42-69)79-19-12-15-46-88-79)62-31-35-66(36-32-62)82-55-81(90-56-91-82)65-33-29-61(30-34-65)58(5)78(9-3)73-51-76(98-84(94)68-25-21-57(4)22-26-68)54-77(52-73)99-86(96)70-43-39-64(40-44-70)80-20-13-16-47-89-80/h7-56,71H,2,5H2,1,3-4,6H3,(H,92,93)/b14-10-,17-7-,18-11+,60-48?,78-9+,87-45?. The lowest BCUT2D eigenvalue weighted by atomic mass is 9.92. The van der Waals surface area contributed by atoms with Crippen LogP contribution in [0.2, 0.25) is 0 Å². The van der Waals surface area contributed by atoms with Crippen LogP contribution in [0.3, 0.4) is 0 Å². The van der Waals surface area contributed by atoms with E-state index in [1.165, 1.54) is 6.07 Å². The maximum absolute atomic E-state index is 13.9. The lowest BCUT2D eigenvalue weighted by Gasteiger charge is -2.16. The third kappa shape index (κ3) is 17.4. The van der Waals surface area contributed by atoms with Gasteiger partial charge in [-0.1, -0.05) is 177 Å². The number of amides is 1. The number of aryl methyl sites for hydroxylation is 1. The quantitative estimate of drug-likeness (QED) is 0.0212. The SMILES string of the molecule is C=CC(=CC(/C=C\C)c1ccc(-c2cc(-c3ccc(C(=C)/C(=C\C)c4cc(OC(=O)c5ccc(C)cc5)cc(OC(=O)c5ccc(-c6ccccn6)cc5)c4)cc3)ncn2)cc1)c1cc(NC(=O)c2ccc(/C=C/C=C\C=NC)cc2)cc(OC(=O)c2ccc(-c3ccccn3)cc2)c1. The minimum absolute atomic E-state index is 0.168. The Morgan fingerprint density at radius 3 is 1.49 bits per heavy atom. The molecule has 11 rings (SSSR count). The van der Waals surface area contributed by atoms with Gasteiger partial charge in [0.15, 0.2) is 0 Å². The number of hydrogen-bond acceptors (Lipinski definition) is 12. The van der Waals surface area contributed by atoms with E-state index in [-0.39, 0.29) is 29.1 Å². The van der Waals surface area contributed by atoms with Crippen LogP contribution in [0, 0.1) is 6.92 Å². The van der Waals surface area contributed by atoms with Crippen LogP contribution in [0.4, 0.5) is 5.69 Å². The molecule has 1 atom stereocenters. The number of allylic oxidation sites excluding steroid dienone is 11. The maximum atomic E-state index is 13.9. The van der Waals surface area contributed by atoms with E-state index in [0.717, 1.165) is 61.5 Å². The molecule has 13 nitrogen and oxygen atoms in total. The van der Waals surface area contributed by atoms with Crippen molar-refractivity contribution >= 4 is 58.5 Å². The van der Waals surface area contributed by atoms with Crippen molar-refractivity contribution in [3.05, 3.63) is 361 Å². The third-order valence-electron chi connectivity index (χ3n) is 16.1. The molecule has 0 bridgehead atoms. The number of benzene rings is 8. The van der Waals surface area contributed by atoms with Crippen molar-refractivity contribution in [2.45, 2.75) is 26.7 Å². The molecule has 484 valence electrons. The summed E-state index contributed by atoms with van der Waals surface area (Å²) in [5.74, 6) is -1.78. The van der Waals surface area contributed by atoms with E-state index >= 15 is 0 Å². The number of rotatable bonds is 23. The fourth-order valence-electron chi connectivity index (χ4n) is 10.9. The van der Waals surface area contributed by atoms with E-state index in [0.29, 0.717) is 61.6 Å². The lowest BCUT2D eigenvalue weighted by molar-refractivity contribution is 0.0720. The van der Waals surface area contributed by atoms with Crippen molar-refractivity contribution < 1.29 is 33.4 Å². The molecule has 11 aromatic rings. The Bertz CT molecular complexity index is 4940. The summed E-state index contributed by atoms with van der Waals surface area (Å²) in [6.07, 6.45) is 24.0. The molecule has 0 aliphatic heterocycles. The molecule has 0 saturated carbocycles. The lowest BCUT2D eigenvalue weighted by Crippen LogP contribution is -2.13. The first-order valence-electron chi connectivity index (χ1n) is 31.9. The van der Waals surface area contributed by atoms with Crippen molar-refractivity contribution in [3.8, 4) is 62.3 Å². The van der Waals surface area contributed by atoms with E-state index in [4.69, 9.17) is 14.2 Å². The molecule has 0 aliphatic carbocycles. The summed E-state index contributed by atoms with van der Waals surface area (Å²) in [6, 6.07) is 67.8. The topological polar surface area (TPSA) is 172 Å². The molecule has 0 saturated heterocycles. The Hall–Kier alpha value is -13.1. The van der Waals surface area contributed by atoms with Gasteiger partial charge < -0.3 is 19.5 Å². The van der Waals surface area contributed by atoms with Crippen molar-refractivity contribution in [2.75, 3.05) is 12.4 Å². The molecular formula is C86H68N6O7. The van der Waals surface area contributed by atoms with E-state index in [9.17, 15) is 19.2 Å². The van der Waals surface area contributed by atoms with Gasteiger partial charge in [-0.3, -0.25) is 19.8 Å². The van der Waals surface area contributed by atoms with E-state index in [1.54, 1.807) is 111 Å². The smallest absolute Gasteiger partial charge is 0.343 e. The van der Waals surface area contributed by atoms with Crippen LogP contribution in [-0.2, 0) is 0 Å². The number of aromatic nitrogens is 4. The number of esters is 3. The van der Waals surface area contributed by atoms with Crippen LogP contribution < -0.4 is 19.5 Å². The van der Waals surface area contributed by atoms with Crippen LogP contribution in [0.25, 0.3) is 67.8 Å². The summed E-state index contributed by atoms with van der Waals surface area (Å²) < 4.78 is 18.0. The maximum Gasteiger partial charge on any atom is 0.343 e. The Kier molecular flexibility index (Phi) is 22.0. The number of nitrogens with one attached hydrogen (secondary N) is 1. The molecule has 0 radical (unpaired) electrons. The van der Waals surface area contributed by atoms with Crippen molar-refractivity contribution in [2.24, 2.45) is 4.99 Å². The molecule has 13 heteroatoms. The summed E-state index contributed by atoms with van der Waals surface area (Å²) in [6.45, 7) is 14.5. The number of carbonyl (C=O) groups excluding carboxylic acids is 4. The highest BCUT2D eigenvalue weighted by Crippen LogP contribution is 2.38. The number of carbonyl (C=O) groups is 4. The summed E-state index contributed by atoms with van der Waals surface area (Å²) in [7, 11) is 1.71. The second-order valence-corrected chi connectivity index (χ2v) is 22.8. The molecule has 1 unspecified atom stereocenters. The Balaban J connectivity index is 0.813. The van der Waals surface area contributed by atoms with Crippen LogP contribution in [0.1, 0.15) is 94.6 Å². The van der Waals surface area contributed by atoms with E-state index in [1.807, 2.05) is 191 Å². The molecule has 0 spiro atoms. The number of nitrogens with zero attached hydrogens (tertiary/aromatic N) is 5. The Morgan fingerprint density at radius 1 is 0.495 bits per heavy atom. The van der Waals surface area contributed by atoms with Gasteiger partial charge in [0, 0.05) is 77.2 Å². The van der Waals surface area contributed by atoms with Gasteiger partial charge in [0.05, 0.1) is 39.5 Å². The number of pyridine rings is 2. The van der Waals surface area contributed by atoms with Gasteiger partial charge in [-0.2, -0.15) is 0 Å². The largest absolute Gasteiger partial charge is 0.423 e. The van der Waals surface area contributed by atoms with Gasteiger partial charge in [-0.25, -0.2) is 24.4 Å². The van der Waals surface area contributed by atoms with Gasteiger partial charge in [0.1, 0.15) is 23.6 Å². The first-order chi connectivity index (χ1) is 48.3. The Labute approximate surface area is 575 Å².